The minimum Gasteiger partial charge on any atom is -0.339 e. The van der Waals surface area contributed by atoms with Gasteiger partial charge >= 0.3 is 0 Å². The zero-order chi connectivity index (χ0) is 14.6. The van der Waals surface area contributed by atoms with Gasteiger partial charge in [-0.3, -0.25) is 4.79 Å². The van der Waals surface area contributed by atoms with Crippen molar-refractivity contribution in [2.75, 3.05) is 7.05 Å². The number of benzene rings is 1. The number of carbonyl (C=O) groups excluding carboxylic acids is 1. The highest BCUT2D eigenvalue weighted by molar-refractivity contribution is 7.87. The van der Waals surface area contributed by atoms with Crippen molar-refractivity contribution in [3.63, 3.8) is 0 Å². The number of hydrogen-bond donors (Lipinski definition) is 2. The van der Waals surface area contributed by atoms with Gasteiger partial charge in [-0.05, 0) is 31.5 Å². The molecule has 1 amide bonds. The van der Waals surface area contributed by atoms with Crippen molar-refractivity contribution in [3.05, 3.63) is 35.4 Å². The van der Waals surface area contributed by atoms with Gasteiger partial charge in [-0.1, -0.05) is 12.1 Å². The maximum atomic E-state index is 12.0. The zero-order valence-electron chi connectivity index (χ0n) is 11.3. The summed E-state index contributed by atoms with van der Waals surface area (Å²) in [7, 11) is -1.96. The van der Waals surface area contributed by atoms with Crippen LogP contribution in [0.3, 0.4) is 0 Å². The van der Waals surface area contributed by atoms with Crippen LogP contribution in [0, 0.1) is 0 Å². The van der Waals surface area contributed by atoms with E-state index in [2.05, 4.69) is 4.72 Å². The van der Waals surface area contributed by atoms with E-state index >= 15 is 0 Å². The summed E-state index contributed by atoms with van der Waals surface area (Å²) in [5.74, 6) is -0.0686. The molecular weight excluding hydrogens is 266 g/mol. The van der Waals surface area contributed by atoms with E-state index in [0.29, 0.717) is 5.56 Å². The smallest absolute Gasteiger partial charge is 0.274 e. The third kappa shape index (κ3) is 4.98. The largest absolute Gasteiger partial charge is 0.339 e. The minimum absolute atomic E-state index is 0.0686. The number of nitrogens with zero attached hydrogens (tertiary/aromatic N) is 1. The fraction of sp³-hybridized carbons (Fsp3) is 0.417. The number of carbonyl (C=O) groups is 1. The standard InChI is InChI=1S/C12H19N3O3S/c1-9(2)15(3)12(16)11-6-4-10(5-7-11)8-14-19(13,17)18/h4-7,9,14H,8H2,1-3H3,(H2,13,17,18). The summed E-state index contributed by atoms with van der Waals surface area (Å²) >= 11 is 0. The van der Waals surface area contributed by atoms with Crippen molar-refractivity contribution in [1.29, 1.82) is 0 Å². The fourth-order valence-electron chi connectivity index (χ4n) is 1.39. The second-order valence-electron chi connectivity index (χ2n) is 4.57. The monoisotopic (exact) mass is 285 g/mol. The quantitative estimate of drug-likeness (QED) is 0.823. The van der Waals surface area contributed by atoms with Crippen LogP contribution in [0.2, 0.25) is 0 Å². The fourth-order valence-corrected chi connectivity index (χ4v) is 1.76. The number of nitrogens with one attached hydrogen (secondary N) is 1. The maximum Gasteiger partial charge on any atom is 0.274 e. The second-order valence-corrected chi connectivity index (χ2v) is 5.95. The van der Waals surface area contributed by atoms with Crippen LogP contribution in [0.4, 0.5) is 0 Å². The Morgan fingerprint density at radius 1 is 1.32 bits per heavy atom. The minimum atomic E-state index is -3.70. The third-order valence-electron chi connectivity index (χ3n) is 2.77. The zero-order valence-corrected chi connectivity index (χ0v) is 12.1. The molecule has 0 saturated carbocycles. The molecule has 1 aromatic rings. The Morgan fingerprint density at radius 3 is 2.26 bits per heavy atom. The predicted molar refractivity (Wildman–Crippen MR) is 73.6 cm³/mol. The molecule has 0 saturated heterocycles. The van der Waals surface area contributed by atoms with Gasteiger partial charge in [0.15, 0.2) is 0 Å². The molecule has 0 radical (unpaired) electrons. The average molecular weight is 285 g/mol. The first-order valence-electron chi connectivity index (χ1n) is 5.84. The van der Waals surface area contributed by atoms with Gasteiger partial charge in [-0.2, -0.15) is 13.1 Å². The molecule has 0 bridgehead atoms. The Balaban J connectivity index is 2.74. The van der Waals surface area contributed by atoms with Crippen molar-refractivity contribution < 1.29 is 13.2 Å². The molecule has 1 aromatic carbocycles. The number of hydrogen-bond acceptors (Lipinski definition) is 3. The summed E-state index contributed by atoms with van der Waals surface area (Å²) in [5, 5.41) is 4.83. The molecule has 6 nitrogen and oxygen atoms in total. The van der Waals surface area contributed by atoms with Crippen LogP contribution in [0.1, 0.15) is 29.8 Å². The lowest BCUT2D eigenvalue weighted by molar-refractivity contribution is 0.0755. The van der Waals surface area contributed by atoms with Crippen molar-refractivity contribution in [2.45, 2.75) is 26.4 Å². The molecule has 0 heterocycles. The van der Waals surface area contributed by atoms with Gasteiger partial charge in [0.25, 0.3) is 16.1 Å². The first kappa shape index (κ1) is 15.6. The number of nitrogens with two attached hydrogens (primary N) is 1. The summed E-state index contributed by atoms with van der Waals surface area (Å²) < 4.78 is 23.7. The van der Waals surface area contributed by atoms with E-state index in [9.17, 15) is 13.2 Å². The predicted octanol–water partition coefficient (Wildman–Crippen LogP) is 0.460. The molecule has 1 rings (SSSR count). The molecule has 0 aliphatic carbocycles. The lowest BCUT2D eigenvalue weighted by Gasteiger charge is -2.21. The van der Waals surface area contributed by atoms with Crippen molar-refractivity contribution in [2.24, 2.45) is 5.14 Å². The van der Waals surface area contributed by atoms with Gasteiger partial charge in [-0.25, -0.2) is 5.14 Å². The topological polar surface area (TPSA) is 92.5 Å². The average Bonchev–Trinajstić information content (AvgIpc) is 2.34. The number of amides is 1. The molecule has 0 atom stereocenters. The SMILES string of the molecule is CC(C)N(C)C(=O)c1ccc(CNS(N)(=O)=O)cc1. The van der Waals surface area contributed by atoms with Gasteiger partial charge < -0.3 is 4.90 Å². The first-order valence-corrected chi connectivity index (χ1v) is 7.39. The van der Waals surface area contributed by atoms with Crippen molar-refractivity contribution in [3.8, 4) is 0 Å². The third-order valence-corrected chi connectivity index (χ3v) is 3.32. The molecular formula is C12H19N3O3S. The molecule has 19 heavy (non-hydrogen) atoms. The van der Waals surface area contributed by atoms with E-state index in [-0.39, 0.29) is 18.5 Å². The Bertz CT molecular complexity index is 538. The summed E-state index contributed by atoms with van der Waals surface area (Å²) in [6.45, 7) is 3.97. The molecule has 3 N–H and O–H groups in total. The van der Waals surface area contributed by atoms with E-state index in [4.69, 9.17) is 5.14 Å². The van der Waals surface area contributed by atoms with Crippen LogP contribution < -0.4 is 9.86 Å². The van der Waals surface area contributed by atoms with E-state index < -0.39 is 10.2 Å². The van der Waals surface area contributed by atoms with Crippen LogP contribution in [-0.2, 0) is 16.8 Å². The number of rotatable bonds is 5. The lowest BCUT2D eigenvalue weighted by Crippen LogP contribution is -2.33. The van der Waals surface area contributed by atoms with Crippen LogP contribution in [0.15, 0.2) is 24.3 Å². The summed E-state index contributed by atoms with van der Waals surface area (Å²) in [6, 6.07) is 6.85. The Hall–Kier alpha value is -1.44. The Labute approximate surface area is 113 Å². The van der Waals surface area contributed by atoms with E-state index in [1.165, 1.54) is 0 Å². The van der Waals surface area contributed by atoms with Crippen molar-refractivity contribution >= 4 is 16.1 Å². The van der Waals surface area contributed by atoms with Gasteiger partial charge in [0, 0.05) is 25.2 Å². The van der Waals surface area contributed by atoms with Crippen LogP contribution in [0.25, 0.3) is 0 Å². The van der Waals surface area contributed by atoms with Crippen LogP contribution in [-0.4, -0.2) is 32.3 Å². The summed E-state index contributed by atoms with van der Waals surface area (Å²) in [5.41, 5.74) is 1.30. The van der Waals surface area contributed by atoms with Gasteiger partial charge in [0.2, 0.25) is 0 Å². The van der Waals surface area contributed by atoms with E-state index in [1.807, 2.05) is 13.8 Å². The highest BCUT2D eigenvalue weighted by Gasteiger charge is 2.13. The summed E-state index contributed by atoms with van der Waals surface area (Å²) in [6.07, 6.45) is 0. The van der Waals surface area contributed by atoms with Gasteiger partial charge in [0.1, 0.15) is 0 Å². The summed E-state index contributed by atoms with van der Waals surface area (Å²) in [4.78, 5) is 13.6. The van der Waals surface area contributed by atoms with Gasteiger partial charge in [-0.15, -0.1) is 0 Å². The maximum absolute atomic E-state index is 12.0. The normalized spacial score (nSPS) is 11.6. The Kier molecular flexibility index (Phi) is 5.04. The highest BCUT2D eigenvalue weighted by Crippen LogP contribution is 2.09. The first-order chi connectivity index (χ1) is 8.70. The second kappa shape index (κ2) is 6.14. The Morgan fingerprint density at radius 2 is 1.84 bits per heavy atom. The molecule has 0 aliphatic rings. The van der Waals surface area contributed by atoms with Crippen LogP contribution in [0.5, 0.6) is 0 Å². The molecule has 0 aliphatic heterocycles. The van der Waals surface area contributed by atoms with E-state index in [1.54, 1.807) is 36.2 Å². The lowest BCUT2D eigenvalue weighted by atomic mass is 10.1. The van der Waals surface area contributed by atoms with Crippen LogP contribution >= 0.6 is 0 Å². The van der Waals surface area contributed by atoms with Gasteiger partial charge in [0.05, 0.1) is 0 Å². The van der Waals surface area contributed by atoms with E-state index in [0.717, 1.165) is 5.56 Å². The van der Waals surface area contributed by atoms with Crippen molar-refractivity contribution in [1.82, 2.24) is 9.62 Å². The molecule has 0 unspecified atom stereocenters. The molecule has 106 valence electrons. The molecule has 0 fully saturated rings. The molecule has 0 aromatic heterocycles. The molecule has 7 heteroatoms. The highest BCUT2D eigenvalue weighted by atomic mass is 32.2. The molecule has 0 spiro atoms.